The third-order valence-electron chi connectivity index (χ3n) is 5.49. The third-order valence-corrected chi connectivity index (χ3v) is 5.49. The van der Waals surface area contributed by atoms with E-state index in [1.54, 1.807) is 6.07 Å². The molecule has 0 radical (unpaired) electrons. The molecule has 4 N–H and O–H groups in total. The second-order valence-electron chi connectivity index (χ2n) is 7.52. The molecule has 2 unspecified atom stereocenters. The van der Waals surface area contributed by atoms with Gasteiger partial charge in [0.25, 0.3) is 0 Å². The number of hydrogen-bond acceptors (Lipinski definition) is 5. The highest BCUT2D eigenvalue weighted by atomic mass is 15.0. The molecule has 2 atom stereocenters. The lowest BCUT2D eigenvalue weighted by Gasteiger charge is -2.27. The van der Waals surface area contributed by atoms with Gasteiger partial charge in [-0.2, -0.15) is 5.26 Å². The number of benzene rings is 1. The molecule has 0 aliphatic heterocycles. The number of rotatable bonds is 5. The maximum atomic E-state index is 8.98. The van der Waals surface area contributed by atoms with Gasteiger partial charge in [-0.1, -0.05) is 12.1 Å². The van der Waals surface area contributed by atoms with Crippen molar-refractivity contribution in [2.45, 2.75) is 56.1 Å². The molecule has 2 aliphatic rings. The SMILES string of the molecule is N#Cc1cccc(Nc2ccc(C3CC3NC3CCC(N)CC3)cn2)c1. The van der Waals surface area contributed by atoms with E-state index in [2.05, 4.69) is 27.8 Å². The molecule has 0 saturated heterocycles. The lowest BCUT2D eigenvalue weighted by Crippen LogP contribution is -2.38. The summed E-state index contributed by atoms with van der Waals surface area (Å²) in [6.07, 6.45) is 7.86. The van der Waals surface area contributed by atoms with E-state index in [0.717, 1.165) is 24.3 Å². The molecule has 26 heavy (non-hydrogen) atoms. The number of nitrogens with one attached hydrogen (secondary N) is 2. The molecular weight excluding hydrogens is 322 g/mol. The zero-order valence-electron chi connectivity index (χ0n) is 14.9. The molecule has 0 spiro atoms. The van der Waals surface area contributed by atoms with Gasteiger partial charge < -0.3 is 16.4 Å². The second kappa shape index (κ2) is 7.45. The second-order valence-corrected chi connectivity index (χ2v) is 7.52. The highest BCUT2D eigenvalue weighted by molar-refractivity contribution is 5.58. The molecule has 2 fully saturated rings. The molecule has 0 bridgehead atoms. The number of aromatic nitrogens is 1. The van der Waals surface area contributed by atoms with Gasteiger partial charge in [0, 0.05) is 35.9 Å². The summed E-state index contributed by atoms with van der Waals surface area (Å²) < 4.78 is 0. The van der Waals surface area contributed by atoms with Gasteiger partial charge in [-0.3, -0.25) is 0 Å². The molecule has 5 nitrogen and oxygen atoms in total. The first-order chi connectivity index (χ1) is 12.7. The molecule has 2 saturated carbocycles. The van der Waals surface area contributed by atoms with Crippen molar-refractivity contribution in [1.29, 1.82) is 5.26 Å². The molecule has 1 heterocycles. The summed E-state index contributed by atoms with van der Waals surface area (Å²) in [7, 11) is 0. The fourth-order valence-electron chi connectivity index (χ4n) is 3.85. The quantitative estimate of drug-likeness (QED) is 0.771. The lowest BCUT2D eigenvalue weighted by atomic mass is 9.92. The fourth-order valence-corrected chi connectivity index (χ4v) is 3.85. The normalized spacial score (nSPS) is 27.5. The van der Waals surface area contributed by atoms with E-state index in [1.165, 1.54) is 24.8 Å². The van der Waals surface area contributed by atoms with Crippen LogP contribution in [0.1, 0.15) is 49.1 Å². The molecule has 2 aromatic rings. The van der Waals surface area contributed by atoms with Crippen molar-refractivity contribution in [3.63, 3.8) is 0 Å². The molecule has 4 rings (SSSR count). The van der Waals surface area contributed by atoms with E-state index >= 15 is 0 Å². The standard InChI is InChI=1S/C21H25N5/c22-12-14-2-1-3-18(10-14)26-21-9-4-15(13-24-21)19-11-20(19)25-17-7-5-16(23)6-8-17/h1-4,9-10,13,16-17,19-20,25H,5-8,11,23H2,(H,24,26). The smallest absolute Gasteiger partial charge is 0.130 e. The summed E-state index contributed by atoms with van der Waals surface area (Å²) in [6.45, 7) is 0. The van der Waals surface area contributed by atoms with Crippen LogP contribution in [0.2, 0.25) is 0 Å². The van der Waals surface area contributed by atoms with Crippen LogP contribution in [-0.4, -0.2) is 23.1 Å². The molecule has 2 aliphatic carbocycles. The maximum Gasteiger partial charge on any atom is 0.130 e. The maximum absolute atomic E-state index is 8.98. The van der Waals surface area contributed by atoms with Crippen molar-refractivity contribution in [2.24, 2.45) is 5.73 Å². The van der Waals surface area contributed by atoms with E-state index in [9.17, 15) is 0 Å². The van der Waals surface area contributed by atoms with Crippen LogP contribution < -0.4 is 16.4 Å². The van der Waals surface area contributed by atoms with Crippen molar-refractivity contribution in [3.8, 4) is 6.07 Å². The van der Waals surface area contributed by atoms with Gasteiger partial charge in [0.2, 0.25) is 0 Å². The van der Waals surface area contributed by atoms with Crippen molar-refractivity contribution in [2.75, 3.05) is 5.32 Å². The molecule has 5 heteroatoms. The van der Waals surface area contributed by atoms with Gasteiger partial charge in [-0.05, 0) is 61.9 Å². The third kappa shape index (κ3) is 4.04. The molecular formula is C21H25N5. The van der Waals surface area contributed by atoms with Crippen molar-refractivity contribution >= 4 is 11.5 Å². The molecule has 1 aromatic carbocycles. The molecule has 134 valence electrons. The van der Waals surface area contributed by atoms with Crippen LogP contribution in [0.4, 0.5) is 11.5 Å². The minimum atomic E-state index is 0.404. The summed E-state index contributed by atoms with van der Waals surface area (Å²) >= 11 is 0. The lowest BCUT2D eigenvalue weighted by molar-refractivity contribution is 0.339. The van der Waals surface area contributed by atoms with Crippen LogP contribution in [0.25, 0.3) is 0 Å². The average Bonchev–Trinajstić information content (AvgIpc) is 3.43. The number of pyridine rings is 1. The highest BCUT2D eigenvalue weighted by Gasteiger charge is 2.39. The minimum absolute atomic E-state index is 0.404. The number of anilines is 2. The molecule has 1 aromatic heterocycles. The van der Waals surface area contributed by atoms with E-state index < -0.39 is 0 Å². The zero-order valence-corrected chi connectivity index (χ0v) is 14.9. The predicted octanol–water partition coefficient (Wildman–Crippen LogP) is 3.41. The Balaban J connectivity index is 1.32. The van der Waals surface area contributed by atoms with Crippen LogP contribution in [0.5, 0.6) is 0 Å². The van der Waals surface area contributed by atoms with Gasteiger partial charge in [0.05, 0.1) is 11.6 Å². The Hall–Kier alpha value is -2.42. The van der Waals surface area contributed by atoms with E-state index in [4.69, 9.17) is 11.0 Å². The van der Waals surface area contributed by atoms with Gasteiger partial charge in [0.15, 0.2) is 0 Å². The largest absolute Gasteiger partial charge is 0.340 e. The Labute approximate surface area is 154 Å². The summed E-state index contributed by atoms with van der Waals surface area (Å²) in [5, 5.41) is 16.0. The van der Waals surface area contributed by atoms with Crippen molar-refractivity contribution in [1.82, 2.24) is 10.3 Å². The first kappa shape index (κ1) is 17.0. The van der Waals surface area contributed by atoms with Crippen molar-refractivity contribution < 1.29 is 0 Å². The number of hydrogen-bond donors (Lipinski definition) is 3. The zero-order chi connectivity index (χ0) is 17.9. The van der Waals surface area contributed by atoms with Crippen LogP contribution in [0.3, 0.4) is 0 Å². The summed E-state index contributed by atoms with van der Waals surface area (Å²) in [6, 6.07) is 15.4. The Bertz CT molecular complexity index is 787. The van der Waals surface area contributed by atoms with Gasteiger partial charge in [-0.25, -0.2) is 4.98 Å². The van der Waals surface area contributed by atoms with Gasteiger partial charge in [-0.15, -0.1) is 0 Å². The first-order valence-electron chi connectivity index (χ1n) is 9.46. The van der Waals surface area contributed by atoms with Crippen molar-refractivity contribution in [3.05, 3.63) is 53.7 Å². The summed E-state index contributed by atoms with van der Waals surface area (Å²) in [5.74, 6) is 1.38. The monoisotopic (exact) mass is 347 g/mol. The van der Waals surface area contributed by atoms with Crippen LogP contribution >= 0.6 is 0 Å². The molecule has 0 amide bonds. The predicted molar refractivity (Wildman–Crippen MR) is 103 cm³/mol. The Kier molecular flexibility index (Phi) is 4.87. The van der Waals surface area contributed by atoms with Gasteiger partial charge in [0.1, 0.15) is 5.82 Å². The van der Waals surface area contributed by atoms with Crippen LogP contribution in [0, 0.1) is 11.3 Å². The Morgan fingerprint density at radius 3 is 2.69 bits per heavy atom. The van der Waals surface area contributed by atoms with Crippen LogP contribution in [0.15, 0.2) is 42.6 Å². The topological polar surface area (TPSA) is 86.8 Å². The number of nitrogens with zero attached hydrogens (tertiary/aromatic N) is 2. The fraction of sp³-hybridized carbons (Fsp3) is 0.429. The first-order valence-corrected chi connectivity index (χ1v) is 9.46. The van der Waals surface area contributed by atoms with Gasteiger partial charge >= 0.3 is 0 Å². The Morgan fingerprint density at radius 1 is 1.12 bits per heavy atom. The Morgan fingerprint density at radius 2 is 1.96 bits per heavy atom. The highest BCUT2D eigenvalue weighted by Crippen LogP contribution is 2.41. The van der Waals surface area contributed by atoms with E-state index in [-0.39, 0.29) is 0 Å². The van der Waals surface area contributed by atoms with E-state index in [1.807, 2.05) is 30.5 Å². The van der Waals surface area contributed by atoms with E-state index in [0.29, 0.717) is 29.6 Å². The summed E-state index contributed by atoms with van der Waals surface area (Å²) in [5.41, 5.74) is 8.81. The summed E-state index contributed by atoms with van der Waals surface area (Å²) in [4.78, 5) is 4.54. The van der Waals surface area contributed by atoms with Crippen LogP contribution in [-0.2, 0) is 0 Å². The minimum Gasteiger partial charge on any atom is -0.340 e. The average molecular weight is 347 g/mol. The number of nitrogens with two attached hydrogens (primary N) is 1. The number of nitriles is 1.